The molecule has 212 valence electrons. The van der Waals surface area contributed by atoms with E-state index in [2.05, 4.69) is 5.32 Å². The second-order valence-electron chi connectivity index (χ2n) is 10.0. The summed E-state index contributed by atoms with van der Waals surface area (Å²) in [4.78, 5) is 27.3. The van der Waals surface area contributed by atoms with Crippen LogP contribution in [0.1, 0.15) is 42.7 Å². The number of nitrogens with one attached hydrogen (secondary N) is 1. The van der Waals surface area contributed by atoms with Crippen LogP contribution in [0.3, 0.4) is 0 Å². The monoisotopic (exact) mass is 555 g/mol. The normalized spacial score (nSPS) is 18.4. The highest BCUT2D eigenvalue weighted by Gasteiger charge is 2.41. The minimum atomic E-state index is -0.631. The molecule has 0 unspecified atom stereocenters. The Balaban J connectivity index is 1.42. The van der Waals surface area contributed by atoms with Crippen molar-refractivity contribution >= 4 is 11.8 Å². The van der Waals surface area contributed by atoms with Crippen LogP contribution in [0.5, 0.6) is 23.0 Å². The van der Waals surface area contributed by atoms with Crippen molar-refractivity contribution in [1.29, 1.82) is 0 Å². The molecule has 0 bridgehead atoms. The number of aromatic hydroxyl groups is 1. The highest BCUT2D eigenvalue weighted by molar-refractivity contribution is 6.04. The third-order valence-electron chi connectivity index (χ3n) is 7.48. The van der Waals surface area contributed by atoms with E-state index in [1.54, 1.807) is 38.5 Å². The van der Waals surface area contributed by atoms with Crippen LogP contribution in [0.15, 0.2) is 95.3 Å². The van der Waals surface area contributed by atoms with Gasteiger partial charge in [0.05, 0.1) is 19.8 Å². The molecule has 8 heteroatoms. The number of phenolic OH excluding ortho intramolecular Hbond substituents is 1. The topological polar surface area (TPSA) is 103 Å². The molecule has 0 fully saturated rings. The number of carbonyl (C=O) groups is 2. The first kappa shape index (κ1) is 27.8. The molecule has 2 N–H and O–H groups in total. The maximum Gasteiger partial charge on any atom is 0.336 e. The number of hydrogen-bond acceptors (Lipinski definition) is 8. The van der Waals surface area contributed by atoms with Gasteiger partial charge in [0.1, 0.15) is 24.7 Å². The Labute approximate surface area is 239 Å². The number of hydrogen-bond donors (Lipinski definition) is 2. The van der Waals surface area contributed by atoms with Crippen molar-refractivity contribution < 1.29 is 33.6 Å². The van der Waals surface area contributed by atoms with Crippen molar-refractivity contribution in [2.24, 2.45) is 0 Å². The first-order chi connectivity index (χ1) is 19.9. The zero-order valence-corrected chi connectivity index (χ0v) is 23.3. The fraction of sp³-hybridized carbons (Fsp3) is 0.273. The lowest BCUT2D eigenvalue weighted by Crippen LogP contribution is -2.36. The highest BCUT2D eigenvalue weighted by atomic mass is 16.6. The molecule has 3 aromatic carbocycles. The van der Waals surface area contributed by atoms with E-state index < -0.39 is 11.9 Å². The van der Waals surface area contributed by atoms with Gasteiger partial charge in [-0.15, -0.1) is 0 Å². The smallest absolute Gasteiger partial charge is 0.336 e. The number of dihydropyridines is 1. The number of carbonyl (C=O) groups excluding carboxylic acids is 2. The second kappa shape index (κ2) is 12.2. The summed E-state index contributed by atoms with van der Waals surface area (Å²) < 4.78 is 22.2. The molecule has 0 aromatic heterocycles. The van der Waals surface area contributed by atoms with E-state index in [0.29, 0.717) is 40.5 Å². The van der Waals surface area contributed by atoms with Gasteiger partial charge in [-0.2, -0.15) is 0 Å². The summed E-state index contributed by atoms with van der Waals surface area (Å²) in [6.07, 6.45) is 0.854. The van der Waals surface area contributed by atoms with Gasteiger partial charge in [0.25, 0.3) is 0 Å². The van der Waals surface area contributed by atoms with Gasteiger partial charge in [0, 0.05) is 29.3 Å². The quantitative estimate of drug-likeness (QED) is 0.268. The van der Waals surface area contributed by atoms with Crippen molar-refractivity contribution in [2.45, 2.75) is 31.6 Å². The lowest BCUT2D eigenvalue weighted by atomic mass is 9.71. The van der Waals surface area contributed by atoms with Crippen LogP contribution in [0.4, 0.5) is 0 Å². The number of phenols is 1. The summed E-state index contributed by atoms with van der Waals surface area (Å²) in [5.74, 6) is 0.729. The van der Waals surface area contributed by atoms with Gasteiger partial charge in [-0.05, 0) is 66.8 Å². The second-order valence-corrected chi connectivity index (χ2v) is 10.0. The number of methoxy groups -OCH3 is 2. The molecule has 8 nitrogen and oxygen atoms in total. The number of ketones is 1. The summed E-state index contributed by atoms with van der Waals surface area (Å²) in [5, 5.41) is 13.3. The van der Waals surface area contributed by atoms with E-state index >= 15 is 0 Å². The third-order valence-corrected chi connectivity index (χ3v) is 7.48. The molecule has 3 aromatic rings. The molecule has 41 heavy (non-hydrogen) atoms. The molecule has 0 spiro atoms. The van der Waals surface area contributed by atoms with Crippen LogP contribution in [0, 0.1) is 0 Å². The van der Waals surface area contributed by atoms with Gasteiger partial charge >= 0.3 is 5.97 Å². The fourth-order valence-corrected chi connectivity index (χ4v) is 5.54. The van der Waals surface area contributed by atoms with Crippen LogP contribution < -0.4 is 19.5 Å². The van der Waals surface area contributed by atoms with E-state index in [0.717, 1.165) is 16.8 Å². The predicted octanol–water partition coefficient (Wildman–Crippen LogP) is 5.39. The number of rotatable bonds is 9. The fourth-order valence-electron chi connectivity index (χ4n) is 5.54. The molecule has 5 rings (SSSR count). The average molecular weight is 556 g/mol. The van der Waals surface area contributed by atoms with Crippen molar-refractivity contribution in [3.05, 3.63) is 106 Å². The van der Waals surface area contributed by atoms with E-state index in [-0.39, 0.29) is 37.1 Å². The van der Waals surface area contributed by atoms with Crippen LogP contribution >= 0.6 is 0 Å². The minimum absolute atomic E-state index is 0.0496. The lowest BCUT2D eigenvalue weighted by molar-refractivity contribution is -0.140. The summed E-state index contributed by atoms with van der Waals surface area (Å²) in [7, 11) is 3.17. The van der Waals surface area contributed by atoms with Crippen LogP contribution in [0.2, 0.25) is 0 Å². The number of para-hydroxylation sites is 1. The van der Waals surface area contributed by atoms with Gasteiger partial charge in [0.2, 0.25) is 0 Å². The number of benzene rings is 3. The Kier molecular flexibility index (Phi) is 8.29. The minimum Gasteiger partial charge on any atom is -0.508 e. The molecule has 1 heterocycles. The SMILES string of the molecule is COc1ccc([C@@H]2CC(=O)C3=C(C2)NC(C)=C(C(=O)OCCOc2ccccc2)[C@@H]3c2ccc(O)cc2)cc1OC. The lowest BCUT2D eigenvalue weighted by Gasteiger charge is -2.36. The number of Topliss-reactive ketones (excluding diaryl/α,β-unsaturated/α-hetero) is 1. The van der Waals surface area contributed by atoms with Crippen molar-refractivity contribution in [3.63, 3.8) is 0 Å². The molecular formula is C33H33NO7. The summed E-state index contributed by atoms with van der Waals surface area (Å²) in [6.45, 7) is 2.06. The molecule has 0 saturated heterocycles. The Morgan fingerprint density at radius 2 is 1.61 bits per heavy atom. The zero-order chi connectivity index (χ0) is 28.9. The Bertz CT molecular complexity index is 1490. The summed E-state index contributed by atoms with van der Waals surface area (Å²) in [5.41, 5.74) is 4.01. The number of esters is 1. The molecule has 0 amide bonds. The van der Waals surface area contributed by atoms with Crippen molar-refractivity contribution in [3.8, 4) is 23.0 Å². The number of ether oxygens (including phenoxy) is 4. The molecule has 1 aliphatic carbocycles. The average Bonchev–Trinajstić information content (AvgIpc) is 2.99. The van der Waals surface area contributed by atoms with Crippen LogP contribution in [-0.4, -0.2) is 44.3 Å². The maximum atomic E-state index is 13.8. The molecule has 0 radical (unpaired) electrons. The first-order valence-corrected chi connectivity index (χ1v) is 13.5. The zero-order valence-electron chi connectivity index (χ0n) is 23.3. The maximum absolute atomic E-state index is 13.8. The van der Waals surface area contributed by atoms with Crippen LogP contribution in [0.25, 0.3) is 0 Å². The largest absolute Gasteiger partial charge is 0.508 e. The van der Waals surface area contributed by atoms with Crippen molar-refractivity contribution in [1.82, 2.24) is 5.32 Å². The van der Waals surface area contributed by atoms with E-state index in [1.165, 1.54) is 0 Å². The summed E-state index contributed by atoms with van der Waals surface area (Å²) in [6, 6.07) is 21.6. The molecule has 2 aliphatic rings. The molecular weight excluding hydrogens is 522 g/mol. The molecule has 2 atom stereocenters. The predicted molar refractivity (Wildman–Crippen MR) is 153 cm³/mol. The highest BCUT2D eigenvalue weighted by Crippen LogP contribution is 2.46. The Morgan fingerprint density at radius 1 is 0.902 bits per heavy atom. The van der Waals surface area contributed by atoms with E-state index in [9.17, 15) is 14.7 Å². The van der Waals surface area contributed by atoms with Gasteiger partial charge in [0.15, 0.2) is 17.3 Å². The molecule has 0 saturated carbocycles. The number of allylic oxidation sites excluding steroid dienone is 3. The van der Waals surface area contributed by atoms with Crippen molar-refractivity contribution in [2.75, 3.05) is 27.4 Å². The standard InChI is InChI=1S/C33H33NO7/c1-20-30(33(37)41-16-15-40-25-7-5-4-6-8-25)31(21-9-12-24(35)13-10-21)32-26(34-20)17-23(18-27(32)36)22-11-14-28(38-2)29(19-22)39-3/h4-14,19,23,31,34-35H,15-18H2,1-3H3/t23-,31-/m0/s1. The van der Waals surface area contributed by atoms with E-state index in [1.807, 2.05) is 55.5 Å². The first-order valence-electron chi connectivity index (χ1n) is 13.5. The van der Waals surface area contributed by atoms with Gasteiger partial charge in [-0.1, -0.05) is 36.4 Å². The van der Waals surface area contributed by atoms with Gasteiger partial charge < -0.3 is 29.4 Å². The Hall–Kier alpha value is -4.72. The Morgan fingerprint density at radius 3 is 2.32 bits per heavy atom. The third kappa shape index (κ3) is 5.91. The summed E-state index contributed by atoms with van der Waals surface area (Å²) >= 11 is 0. The van der Waals surface area contributed by atoms with Gasteiger partial charge in [-0.25, -0.2) is 4.79 Å². The van der Waals surface area contributed by atoms with E-state index in [4.69, 9.17) is 18.9 Å². The van der Waals surface area contributed by atoms with Crippen LogP contribution in [-0.2, 0) is 14.3 Å². The van der Waals surface area contributed by atoms with Gasteiger partial charge in [-0.3, -0.25) is 4.79 Å². The molecule has 1 aliphatic heterocycles.